The van der Waals surface area contributed by atoms with E-state index < -0.39 is 22.1 Å². The number of hydrogen-bond donors (Lipinski definition) is 1. The molecule has 1 aliphatic carbocycles. The van der Waals surface area contributed by atoms with Crippen LogP contribution in [0.1, 0.15) is 26.2 Å². The van der Waals surface area contributed by atoms with Crippen LogP contribution in [0.5, 0.6) is 0 Å². The number of alkyl halides is 1. The van der Waals surface area contributed by atoms with Gasteiger partial charge in [-0.1, -0.05) is 48.1 Å². The predicted molar refractivity (Wildman–Crippen MR) is 80.6 cm³/mol. The summed E-state index contributed by atoms with van der Waals surface area (Å²) in [6.45, 7) is 0.699. The first-order valence-electron chi connectivity index (χ1n) is 6.58. The van der Waals surface area contributed by atoms with Gasteiger partial charge >= 0.3 is 11.0 Å². The van der Waals surface area contributed by atoms with Gasteiger partial charge in [-0.15, -0.1) is 0 Å². The summed E-state index contributed by atoms with van der Waals surface area (Å²) in [6, 6.07) is 0. The highest BCUT2D eigenvalue weighted by Gasteiger charge is 2.41. The van der Waals surface area contributed by atoms with E-state index in [0.29, 0.717) is 12.8 Å². The number of carbonyl (C=O) groups excluding carboxylic acids is 1. The second kappa shape index (κ2) is 8.69. The minimum atomic E-state index is -2.91. The first kappa shape index (κ1) is 17.5. The van der Waals surface area contributed by atoms with Crippen LogP contribution in [-0.2, 0) is 20.6 Å². The lowest BCUT2D eigenvalue weighted by atomic mass is 10.1. The van der Waals surface area contributed by atoms with E-state index in [-0.39, 0.29) is 6.61 Å². The molecule has 0 spiro atoms. The average Bonchev–Trinajstić information content (AvgIpc) is 2.45. The second-order valence-electron chi connectivity index (χ2n) is 4.60. The van der Waals surface area contributed by atoms with Gasteiger partial charge in [0.25, 0.3) is 0 Å². The van der Waals surface area contributed by atoms with E-state index in [0.717, 1.165) is 18.9 Å². The van der Waals surface area contributed by atoms with Gasteiger partial charge < -0.3 is 9.29 Å². The van der Waals surface area contributed by atoms with Crippen LogP contribution in [0.4, 0.5) is 4.39 Å². The molecule has 0 aromatic heterocycles. The van der Waals surface area contributed by atoms with Gasteiger partial charge in [0, 0.05) is 6.42 Å². The first-order chi connectivity index (χ1) is 9.94. The smallest absolute Gasteiger partial charge is 0.359 e. The Kier molecular flexibility index (Phi) is 7.25. The fourth-order valence-corrected chi connectivity index (χ4v) is 1.75. The Morgan fingerprint density at radius 1 is 1.38 bits per heavy atom. The maximum absolute atomic E-state index is 13.5. The summed E-state index contributed by atoms with van der Waals surface area (Å²) in [4.78, 5) is 11.4. The fraction of sp³-hybridized carbons (Fsp3) is 0.400. The van der Waals surface area contributed by atoms with Crippen LogP contribution < -0.4 is 0 Å². The van der Waals surface area contributed by atoms with E-state index in [9.17, 15) is 13.4 Å². The molecular weight excluding hydrogens is 295 g/mol. The van der Waals surface area contributed by atoms with Gasteiger partial charge in [-0.05, 0) is 19.8 Å². The topological polar surface area (TPSA) is 63.6 Å². The third-order valence-electron chi connectivity index (χ3n) is 2.85. The molecule has 0 saturated carbocycles. The maximum Gasteiger partial charge on any atom is 0.359 e. The Hall–Kier alpha value is -1.53. The molecule has 1 N–H and O–H groups in total. The van der Waals surface area contributed by atoms with Crippen molar-refractivity contribution in [2.24, 2.45) is 0 Å². The molecule has 0 radical (unpaired) electrons. The molecule has 0 aliphatic heterocycles. The summed E-state index contributed by atoms with van der Waals surface area (Å²) in [6.07, 6.45) is 15.7. The van der Waals surface area contributed by atoms with Crippen LogP contribution in [0, 0.1) is 0 Å². The van der Waals surface area contributed by atoms with Gasteiger partial charge in [-0.2, -0.15) is 0 Å². The largest absolute Gasteiger partial charge is 0.462 e. The van der Waals surface area contributed by atoms with E-state index >= 15 is 0 Å². The molecule has 0 fully saturated rings. The van der Waals surface area contributed by atoms with Crippen LogP contribution in [0.2, 0.25) is 0 Å². The van der Waals surface area contributed by atoms with Gasteiger partial charge in [0.05, 0.1) is 6.61 Å². The SMILES string of the molecule is CC(F)(C(=O)OCCC1=CC=CCC=CC=CC1)S(=O)O. The Labute approximate surface area is 126 Å². The van der Waals surface area contributed by atoms with Crippen molar-refractivity contribution in [2.75, 3.05) is 6.61 Å². The molecule has 2 unspecified atom stereocenters. The Balaban J connectivity index is 2.50. The number of ether oxygens (including phenoxy) is 1. The fourth-order valence-electron chi connectivity index (χ4n) is 1.54. The summed E-state index contributed by atoms with van der Waals surface area (Å²) in [5.41, 5.74) is 1.02. The molecule has 21 heavy (non-hydrogen) atoms. The molecule has 1 aliphatic rings. The summed E-state index contributed by atoms with van der Waals surface area (Å²) >= 11 is -2.91. The Morgan fingerprint density at radius 2 is 2.05 bits per heavy atom. The van der Waals surface area contributed by atoms with Crippen molar-refractivity contribution in [3.05, 3.63) is 48.1 Å². The molecule has 0 bridgehead atoms. The lowest BCUT2D eigenvalue weighted by Gasteiger charge is -2.14. The van der Waals surface area contributed by atoms with E-state index in [1.165, 1.54) is 0 Å². The molecule has 6 heteroatoms. The molecule has 2 atom stereocenters. The molecule has 0 amide bonds. The maximum atomic E-state index is 13.5. The summed E-state index contributed by atoms with van der Waals surface area (Å²) in [7, 11) is 0. The number of allylic oxidation sites excluding steroid dienone is 7. The number of halogens is 1. The van der Waals surface area contributed by atoms with Crippen molar-refractivity contribution >= 4 is 17.0 Å². The molecule has 0 saturated heterocycles. The number of esters is 1. The van der Waals surface area contributed by atoms with E-state index in [1.54, 1.807) is 0 Å². The third-order valence-corrected chi connectivity index (χ3v) is 3.67. The molecule has 0 heterocycles. The summed E-state index contributed by atoms with van der Waals surface area (Å²) in [5, 5.41) is -2.89. The quantitative estimate of drug-likeness (QED) is 0.625. The number of rotatable bonds is 5. The van der Waals surface area contributed by atoms with Gasteiger partial charge in [0.2, 0.25) is 11.1 Å². The molecular formula is C15H19FO4S. The predicted octanol–water partition coefficient (Wildman–Crippen LogP) is 3.22. The highest BCUT2D eigenvalue weighted by atomic mass is 32.2. The summed E-state index contributed by atoms with van der Waals surface area (Å²) < 4.78 is 37.6. The Morgan fingerprint density at radius 3 is 2.76 bits per heavy atom. The monoisotopic (exact) mass is 314 g/mol. The van der Waals surface area contributed by atoms with Crippen molar-refractivity contribution in [2.45, 2.75) is 31.2 Å². The van der Waals surface area contributed by atoms with Crippen molar-refractivity contribution in [3.8, 4) is 0 Å². The average molecular weight is 314 g/mol. The number of carbonyl (C=O) groups is 1. The first-order valence-corrected chi connectivity index (χ1v) is 7.68. The van der Waals surface area contributed by atoms with Crippen molar-refractivity contribution in [1.29, 1.82) is 0 Å². The number of hydrogen-bond acceptors (Lipinski definition) is 3. The molecule has 0 aromatic rings. The molecule has 0 aromatic carbocycles. The van der Waals surface area contributed by atoms with Crippen LogP contribution in [0.3, 0.4) is 0 Å². The van der Waals surface area contributed by atoms with Crippen molar-refractivity contribution < 1.29 is 22.7 Å². The normalized spacial score (nSPS) is 19.5. The highest BCUT2D eigenvalue weighted by Crippen LogP contribution is 2.17. The zero-order chi connectivity index (χ0) is 15.7. The van der Waals surface area contributed by atoms with Gasteiger partial charge in [0.15, 0.2) is 0 Å². The zero-order valence-corrected chi connectivity index (χ0v) is 12.6. The lowest BCUT2D eigenvalue weighted by molar-refractivity contribution is -0.151. The van der Waals surface area contributed by atoms with Gasteiger partial charge in [-0.25, -0.2) is 13.4 Å². The van der Waals surface area contributed by atoms with Crippen LogP contribution in [-0.4, -0.2) is 26.3 Å². The third kappa shape index (κ3) is 6.18. The second-order valence-corrected chi connectivity index (χ2v) is 5.87. The van der Waals surface area contributed by atoms with Crippen molar-refractivity contribution in [1.82, 2.24) is 0 Å². The molecule has 1 rings (SSSR count). The van der Waals surface area contributed by atoms with Gasteiger partial charge in [-0.3, -0.25) is 0 Å². The van der Waals surface area contributed by atoms with Crippen LogP contribution in [0.25, 0.3) is 0 Å². The van der Waals surface area contributed by atoms with Gasteiger partial charge in [0.1, 0.15) is 0 Å². The highest BCUT2D eigenvalue weighted by molar-refractivity contribution is 7.81. The lowest BCUT2D eigenvalue weighted by Crippen LogP contribution is -2.36. The summed E-state index contributed by atoms with van der Waals surface area (Å²) in [5.74, 6) is -1.32. The van der Waals surface area contributed by atoms with E-state index in [2.05, 4.69) is 0 Å². The molecule has 116 valence electrons. The minimum absolute atomic E-state index is 0.0289. The van der Waals surface area contributed by atoms with Crippen LogP contribution in [0.15, 0.2) is 48.1 Å². The van der Waals surface area contributed by atoms with E-state index in [4.69, 9.17) is 9.29 Å². The van der Waals surface area contributed by atoms with Crippen molar-refractivity contribution in [3.63, 3.8) is 0 Å². The standard InChI is InChI=1S/C15H19FO4S/c1-15(16,21(18)19)14(17)20-12-11-13-9-7-5-3-2-4-6-8-10-13/h2-3,5-8,10H,4,9,11-12H2,1H3,(H,18,19). The Bertz CT molecular complexity index is 504. The van der Waals surface area contributed by atoms with E-state index in [1.807, 2.05) is 42.5 Å². The molecule has 4 nitrogen and oxygen atoms in total. The minimum Gasteiger partial charge on any atom is -0.462 e. The van der Waals surface area contributed by atoms with Crippen LogP contribution >= 0.6 is 0 Å². The zero-order valence-electron chi connectivity index (χ0n) is 11.8.